The molecular formula is C36H37N5O2. The summed E-state index contributed by atoms with van der Waals surface area (Å²) in [4.78, 5) is 24.9. The quantitative estimate of drug-likeness (QED) is 0.187. The van der Waals surface area contributed by atoms with E-state index in [1.54, 1.807) is 0 Å². The normalized spacial score (nSPS) is 13.2. The summed E-state index contributed by atoms with van der Waals surface area (Å²) in [6.07, 6.45) is 5.49. The Morgan fingerprint density at radius 3 is 2.53 bits per heavy atom. The number of rotatable bonds is 9. The zero-order chi connectivity index (χ0) is 29.6. The molecule has 2 heterocycles. The van der Waals surface area contributed by atoms with E-state index in [1.807, 2.05) is 85.1 Å². The third-order valence-electron chi connectivity index (χ3n) is 7.60. The van der Waals surface area contributed by atoms with Gasteiger partial charge in [0.2, 0.25) is 5.95 Å². The second-order valence-corrected chi connectivity index (χ2v) is 11.3. The Morgan fingerprint density at radius 1 is 0.907 bits per heavy atom. The maximum absolute atomic E-state index is 13.3. The molecule has 1 aliphatic rings. The number of hydrogen-bond acceptors (Lipinski definition) is 6. The first kappa shape index (κ1) is 28.2. The zero-order valence-electron chi connectivity index (χ0n) is 24.7. The lowest BCUT2D eigenvalue weighted by Crippen LogP contribution is -2.29. The summed E-state index contributed by atoms with van der Waals surface area (Å²) in [7, 11) is 0. The molecule has 0 atom stereocenters. The molecule has 0 bridgehead atoms. The predicted octanol–water partition coefficient (Wildman–Crippen LogP) is 7.94. The Balaban J connectivity index is 1.29. The Hall–Kier alpha value is -4.91. The van der Waals surface area contributed by atoms with E-state index in [2.05, 4.69) is 46.5 Å². The van der Waals surface area contributed by atoms with Crippen LogP contribution in [0.25, 0.3) is 22.0 Å². The summed E-state index contributed by atoms with van der Waals surface area (Å²) < 4.78 is 6.39. The molecule has 2 N–H and O–H groups in total. The third kappa shape index (κ3) is 6.95. The molecular weight excluding hydrogens is 534 g/mol. The summed E-state index contributed by atoms with van der Waals surface area (Å²) in [5, 5.41) is 7.29. The van der Waals surface area contributed by atoms with Gasteiger partial charge >= 0.3 is 0 Å². The van der Waals surface area contributed by atoms with Gasteiger partial charge in [0, 0.05) is 59.3 Å². The van der Waals surface area contributed by atoms with Gasteiger partial charge in [-0.05, 0) is 80.6 Å². The molecule has 1 fully saturated rings. The number of carbonyl (C=O) groups is 1. The van der Waals surface area contributed by atoms with Crippen molar-refractivity contribution >= 4 is 34.1 Å². The highest BCUT2D eigenvalue weighted by Gasteiger charge is 2.15. The van der Waals surface area contributed by atoms with Crippen LogP contribution in [0.3, 0.4) is 0 Å². The van der Waals surface area contributed by atoms with Crippen LogP contribution in [0.4, 0.5) is 17.3 Å². The van der Waals surface area contributed by atoms with E-state index in [9.17, 15) is 4.79 Å². The van der Waals surface area contributed by atoms with Gasteiger partial charge in [-0.2, -0.15) is 0 Å². The number of aromatic nitrogens is 2. The molecule has 218 valence electrons. The van der Waals surface area contributed by atoms with Crippen LogP contribution in [-0.2, 0) is 6.61 Å². The number of piperidine rings is 1. The summed E-state index contributed by atoms with van der Waals surface area (Å²) in [6.45, 7) is 6.61. The molecule has 1 amide bonds. The molecule has 0 radical (unpaired) electrons. The van der Waals surface area contributed by atoms with Crippen LogP contribution in [0, 0.1) is 0 Å². The second-order valence-electron chi connectivity index (χ2n) is 11.3. The fourth-order valence-electron chi connectivity index (χ4n) is 5.43. The van der Waals surface area contributed by atoms with Gasteiger partial charge < -0.3 is 20.3 Å². The molecule has 1 aliphatic heterocycles. The molecule has 7 nitrogen and oxygen atoms in total. The van der Waals surface area contributed by atoms with Crippen LogP contribution in [-0.4, -0.2) is 35.0 Å². The largest absolute Gasteiger partial charge is 0.488 e. The Morgan fingerprint density at radius 2 is 1.72 bits per heavy atom. The van der Waals surface area contributed by atoms with Gasteiger partial charge in [0.25, 0.3) is 5.91 Å². The average Bonchev–Trinajstić information content (AvgIpc) is 3.04. The standard InChI is InChI=1S/C36H37N5O2/c1-25(2)38-36-37-23-29-21-32(34(22-33(29)40-36)43-24-26-11-5-3-6-12-26)27-13-9-15-30(19-27)39-35(42)28-14-10-16-31(20-28)41-17-7-4-8-18-41/h3,5-6,9-16,19-23,25H,4,7-8,17-18,24H2,1-2H3,(H,39,42)(H,37,38,40). The number of benzene rings is 4. The Labute approximate surface area is 253 Å². The van der Waals surface area contributed by atoms with E-state index in [4.69, 9.17) is 9.72 Å². The van der Waals surface area contributed by atoms with Crippen molar-refractivity contribution in [3.8, 4) is 16.9 Å². The molecule has 4 aromatic carbocycles. The molecule has 0 unspecified atom stereocenters. The first-order valence-electron chi connectivity index (χ1n) is 15.0. The highest BCUT2D eigenvalue weighted by Crippen LogP contribution is 2.36. The van der Waals surface area contributed by atoms with Crippen molar-refractivity contribution in [1.29, 1.82) is 0 Å². The lowest BCUT2D eigenvalue weighted by atomic mass is 10.0. The first-order valence-corrected chi connectivity index (χ1v) is 15.0. The van der Waals surface area contributed by atoms with Crippen molar-refractivity contribution in [2.24, 2.45) is 0 Å². The number of carbonyl (C=O) groups excluding carboxylic acids is 1. The van der Waals surface area contributed by atoms with Crippen LogP contribution >= 0.6 is 0 Å². The third-order valence-corrected chi connectivity index (χ3v) is 7.60. The number of hydrogen-bond donors (Lipinski definition) is 2. The highest BCUT2D eigenvalue weighted by atomic mass is 16.5. The van der Waals surface area contributed by atoms with Gasteiger partial charge in [-0.1, -0.05) is 48.5 Å². The molecule has 0 saturated carbocycles. The van der Waals surface area contributed by atoms with Crippen LogP contribution in [0.1, 0.15) is 49.0 Å². The number of ether oxygens (including phenoxy) is 1. The predicted molar refractivity (Wildman–Crippen MR) is 175 cm³/mol. The van der Waals surface area contributed by atoms with Crippen molar-refractivity contribution in [3.63, 3.8) is 0 Å². The van der Waals surface area contributed by atoms with E-state index >= 15 is 0 Å². The topological polar surface area (TPSA) is 79.4 Å². The van der Waals surface area contributed by atoms with E-state index in [0.717, 1.165) is 46.4 Å². The van der Waals surface area contributed by atoms with Crippen LogP contribution in [0.2, 0.25) is 0 Å². The molecule has 7 heteroatoms. The van der Waals surface area contributed by atoms with E-state index < -0.39 is 0 Å². The Kier molecular flexibility index (Phi) is 8.50. The minimum absolute atomic E-state index is 0.131. The number of nitrogens with one attached hydrogen (secondary N) is 2. The fraction of sp³-hybridized carbons (Fsp3) is 0.250. The summed E-state index contributed by atoms with van der Waals surface area (Å²) in [5.41, 5.74) is 6.16. The van der Waals surface area contributed by atoms with Crippen LogP contribution in [0.15, 0.2) is 97.2 Å². The Bertz CT molecular complexity index is 1710. The smallest absolute Gasteiger partial charge is 0.255 e. The molecule has 0 aliphatic carbocycles. The maximum atomic E-state index is 13.3. The molecule has 43 heavy (non-hydrogen) atoms. The van der Waals surface area contributed by atoms with Gasteiger partial charge in [0.15, 0.2) is 0 Å². The lowest BCUT2D eigenvalue weighted by Gasteiger charge is -2.29. The first-order chi connectivity index (χ1) is 21.0. The summed E-state index contributed by atoms with van der Waals surface area (Å²) in [5.74, 6) is 1.16. The molecule has 5 aromatic rings. The SMILES string of the molecule is CC(C)Nc1ncc2cc(-c3cccc(NC(=O)c4cccc(N5CCCCC5)c4)c3)c(OCc3ccccc3)cc2n1. The highest BCUT2D eigenvalue weighted by molar-refractivity contribution is 6.05. The van der Waals surface area contributed by atoms with Crippen LogP contribution < -0.4 is 20.3 Å². The van der Waals surface area contributed by atoms with E-state index in [1.165, 1.54) is 19.3 Å². The van der Waals surface area contributed by atoms with Crippen molar-refractivity contribution in [1.82, 2.24) is 9.97 Å². The zero-order valence-corrected chi connectivity index (χ0v) is 24.7. The average molecular weight is 572 g/mol. The monoisotopic (exact) mass is 571 g/mol. The summed E-state index contributed by atoms with van der Waals surface area (Å²) >= 11 is 0. The fourth-order valence-corrected chi connectivity index (χ4v) is 5.43. The van der Waals surface area contributed by atoms with Crippen molar-refractivity contribution in [2.45, 2.75) is 45.8 Å². The number of anilines is 3. The number of fused-ring (bicyclic) bond motifs is 1. The summed E-state index contributed by atoms with van der Waals surface area (Å²) in [6, 6.07) is 30.1. The van der Waals surface area contributed by atoms with Gasteiger partial charge in [-0.3, -0.25) is 4.79 Å². The van der Waals surface area contributed by atoms with Gasteiger partial charge in [-0.15, -0.1) is 0 Å². The van der Waals surface area contributed by atoms with E-state index in [0.29, 0.717) is 29.6 Å². The van der Waals surface area contributed by atoms with Crippen molar-refractivity contribution in [3.05, 3.63) is 108 Å². The molecule has 1 saturated heterocycles. The minimum atomic E-state index is -0.131. The number of nitrogens with zero attached hydrogens (tertiary/aromatic N) is 3. The number of amides is 1. The van der Waals surface area contributed by atoms with Crippen molar-refractivity contribution in [2.75, 3.05) is 28.6 Å². The lowest BCUT2D eigenvalue weighted by molar-refractivity contribution is 0.102. The van der Waals surface area contributed by atoms with Crippen molar-refractivity contribution < 1.29 is 9.53 Å². The second kappa shape index (κ2) is 12.9. The molecule has 6 rings (SSSR count). The van der Waals surface area contributed by atoms with Gasteiger partial charge in [0.05, 0.1) is 5.52 Å². The van der Waals surface area contributed by atoms with Crippen LogP contribution in [0.5, 0.6) is 5.75 Å². The van der Waals surface area contributed by atoms with E-state index in [-0.39, 0.29) is 11.9 Å². The molecule has 1 aromatic heterocycles. The van der Waals surface area contributed by atoms with Gasteiger partial charge in [0.1, 0.15) is 12.4 Å². The maximum Gasteiger partial charge on any atom is 0.255 e. The molecule has 0 spiro atoms. The minimum Gasteiger partial charge on any atom is -0.488 e. The van der Waals surface area contributed by atoms with Gasteiger partial charge in [-0.25, -0.2) is 9.97 Å².